The van der Waals surface area contributed by atoms with E-state index in [-0.39, 0.29) is 0 Å². The second kappa shape index (κ2) is 5.04. The minimum atomic E-state index is 0.584. The summed E-state index contributed by atoms with van der Waals surface area (Å²) in [5, 5.41) is 2.89. The van der Waals surface area contributed by atoms with Crippen molar-refractivity contribution < 1.29 is 4.42 Å². The van der Waals surface area contributed by atoms with Crippen LogP contribution in [0.4, 0.5) is 6.01 Å². The molecule has 2 rings (SSSR count). The Morgan fingerprint density at radius 1 is 1.24 bits per heavy atom. The summed E-state index contributed by atoms with van der Waals surface area (Å²) < 4.78 is 5.50. The zero-order valence-electron chi connectivity index (χ0n) is 10.6. The largest absolute Gasteiger partial charge is 0.429 e. The summed E-state index contributed by atoms with van der Waals surface area (Å²) >= 11 is 0. The van der Waals surface area contributed by atoms with Crippen LogP contribution in [-0.2, 0) is 12.8 Å². The highest BCUT2D eigenvalue weighted by Gasteiger charge is 2.04. The van der Waals surface area contributed by atoms with Gasteiger partial charge in [-0.2, -0.15) is 0 Å². The predicted molar refractivity (Wildman–Crippen MR) is 69.4 cm³/mol. The first-order chi connectivity index (χ1) is 8.19. The Labute approximate surface area is 102 Å². The van der Waals surface area contributed by atoms with E-state index >= 15 is 0 Å². The minimum absolute atomic E-state index is 0.584. The maximum atomic E-state index is 5.50. The van der Waals surface area contributed by atoms with E-state index in [1.807, 2.05) is 0 Å². The smallest absolute Gasteiger partial charge is 0.294 e. The number of anilines is 1. The Morgan fingerprint density at radius 3 is 2.71 bits per heavy atom. The molecule has 2 aromatic rings. The highest BCUT2D eigenvalue weighted by Crippen LogP contribution is 2.15. The Hall–Kier alpha value is -1.77. The van der Waals surface area contributed by atoms with Crippen LogP contribution in [0.1, 0.15) is 22.5 Å². The van der Waals surface area contributed by atoms with Crippen LogP contribution in [0.2, 0.25) is 0 Å². The first kappa shape index (κ1) is 11.7. The van der Waals surface area contributed by atoms with Crippen LogP contribution in [0, 0.1) is 13.8 Å². The molecule has 90 valence electrons. The summed E-state index contributed by atoms with van der Waals surface area (Å²) in [5.74, 6) is 0.925. The van der Waals surface area contributed by atoms with Gasteiger partial charge in [-0.25, -0.2) is 4.98 Å². The zero-order valence-corrected chi connectivity index (χ0v) is 10.6. The van der Waals surface area contributed by atoms with E-state index in [1.165, 1.54) is 16.7 Å². The van der Waals surface area contributed by atoms with Crippen molar-refractivity contribution in [2.45, 2.75) is 26.7 Å². The molecule has 1 aromatic carbocycles. The number of oxazole rings is 1. The molecule has 0 radical (unpaired) electrons. The molecule has 0 aliphatic heterocycles. The van der Waals surface area contributed by atoms with Crippen molar-refractivity contribution in [1.29, 1.82) is 0 Å². The number of aromatic nitrogens is 1. The van der Waals surface area contributed by atoms with E-state index in [0.717, 1.165) is 18.6 Å². The molecule has 1 N–H and O–H groups in total. The molecule has 1 heterocycles. The lowest BCUT2D eigenvalue weighted by Gasteiger charge is -2.05. The summed E-state index contributed by atoms with van der Waals surface area (Å²) in [7, 11) is 1.81. The fourth-order valence-electron chi connectivity index (χ4n) is 1.92. The third-order valence-electron chi connectivity index (χ3n) is 2.91. The van der Waals surface area contributed by atoms with Crippen LogP contribution in [0.15, 0.2) is 28.8 Å². The molecule has 0 saturated heterocycles. The molecule has 0 aliphatic carbocycles. The van der Waals surface area contributed by atoms with E-state index in [4.69, 9.17) is 4.42 Å². The molecule has 1 aromatic heterocycles. The van der Waals surface area contributed by atoms with Crippen LogP contribution >= 0.6 is 0 Å². The van der Waals surface area contributed by atoms with Gasteiger partial charge in [-0.3, -0.25) is 0 Å². The van der Waals surface area contributed by atoms with Gasteiger partial charge in [0.2, 0.25) is 0 Å². The van der Waals surface area contributed by atoms with Gasteiger partial charge in [-0.15, -0.1) is 0 Å². The number of benzene rings is 1. The maximum absolute atomic E-state index is 5.50. The monoisotopic (exact) mass is 230 g/mol. The third-order valence-corrected chi connectivity index (χ3v) is 2.91. The quantitative estimate of drug-likeness (QED) is 0.877. The van der Waals surface area contributed by atoms with Crippen molar-refractivity contribution >= 4 is 6.01 Å². The molecule has 0 fully saturated rings. The second-order valence-corrected chi connectivity index (χ2v) is 4.31. The highest BCUT2D eigenvalue weighted by atomic mass is 16.4. The normalized spacial score (nSPS) is 10.5. The van der Waals surface area contributed by atoms with Gasteiger partial charge in [0.15, 0.2) is 0 Å². The van der Waals surface area contributed by atoms with Gasteiger partial charge < -0.3 is 9.73 Å². The lowest BCUT2D eigenvalue weighted by atomic mass is 10.0. The first-order valence-electron chi connectivity index (χ1n) is 5.87. The molecular formula is C14H18N2O. The summed E-state index contributed by atoms with van der Waals surface area (Å²) in [6.45, 7) is 4.27. The lowest BCUT2D eigenvalue weighted by molar-refractivity contribution is 0.518. The summed E-state index contributed by atoms with van der Waals surface area (Å²) in [6, 6.07) is 7.15. The molecule has 17 heavy (non-hydrogen) atoms. The Kier molecular flexibility index (Phi) is 3.47. The van der Waals surface area contributed by atoms with Gasteiger partial charge in [-0.05, 0) is 31.4 Å². The van der Waals surface area contributed by atoms with Gasteiger partial charge in [0.1, 0.15) is 5.76 Å². The van der Waals surface area contributed by atoms with Gasteiger partial charge in [0, 0.05) is 13.5 Å². The number of nitrogens with zero attached hydrogens (tertiary/aromatic N) is 1. The SMILES string of the molecule is CNc1ncc(CCc2ccc(C)cc2C)o1. The Balaban J connectivity index is 2.02. The van der Waals surface area contributed by atoms with Gasteiger partial charge in [0.25, 0.3) is 6.01 Å². The number of rotatable bonds is 4. The molecular weight excluding hydrogens is 212 g/mol. The Bertz CT molecular complexity index is 503. The van der Waals surface area contributed by atoms with Gasteiger partial charge >= 0.3 is 0 Å². The standard InChI is InChI=1S/C14H18N2O/c1-10-4-5-12(11(2)8-10)6-7-13-9-16-14(15-3)17-13/h4-5,8-9H,6-7H2,1-3H3,(H,15,16). The van der Waals surface area contributed by atoms with Crippen molar-refractivity contribution in [3.8, 4) is 0 Å². The molecule has 0 bridgehead atoms. The third kappa shape index (κ3) is 2.87. The fourth-order valence-corrected chi connectivity index (χ4v) is 1.92. The molecule has 0 atom stereocenters. The second-order valence-electron chi connectivity index (χ2n) is 4.31. The molecule has 0 amide bonds. The van der Waals surface area contributed by atoms with Crippen LogP contribution in [0.3, 0.4) is 0 Å². The van der Waals surface area contributed by atoms with Crippen molar-refractivity contribution in [3.63, 3.8) is 0 Å². The highest BCUT2D eigenvalue weighted by molar-refractivity contribution is 5.31. The predicted octanol–water partition coefficient (Wildman–Crippen LogP) is 3.12. The van der Waals surface area contributed by atoms with Crippen LogP contribution in [0.25, 0.3) is 0 Å². The molecule has 0 unspecified atom stereocenters. The van der Waals surface area contributed by atoms with E-state index in [9.17, 15) is 0 Å². The summed E-state index contributed by atoms with van der Waals surface area (Å²) in [4.78, 5) is 4.11. The minimum Gasteiger partial charge on any atom is -0.429 e. The Morgan fingerprint density at radius 2 is 2.06 bits per heavy atom. The molecule has 3 heteroatoms. The fraction of sp³-hybridized carbons (Fsp3) is 0.357. The van der Waals surface area contributed by atoms with Crippen LogP contribution in [0.5, 0.6) is 0 Å². The molecule has 0 saturated carbocycles. The molecule has 3 nitrogen and oxygen atoms in total. The van der Waals surface area contributed by atoms with E-state index in [2.05, 4.69) is 42.3 Å². The molecule has 0 aliphatic rings. The van der Waals surface area contributed by atoms with Crippen molar-refractivity contribution in [2.75, 3.05) is 12.4 Å². The van der Waals surface area contributed by atoms with Crippen molar-refractivity contribution in [2.24, 2.45) is 0 Å². The van der Waals surface area contributed by atoms with E-state index in [1.54, 1.807) is 13.2 Å². The van der Waals surface area contributed by atoms with Crippen molar-refractivity contribution in [3.05, 3.63) is 46.8 Å². The van der Waals surface area contributed by atoms with Gasteiger partial charge in [0.05, 0.1) is 6.20 Å². The van der Waals surface area contributed by atoms with E-state index in [0.29, 0.717) is 6.01 Å². The summed E-state index contributed by atoms with van der Waals surface area (Å²) in [6.07, 6.45) is 3.67. The lowest BCUT2D eigenvalue weighted by Crippen LogP contribution is -1.93. The van der Waals surface area contributed by atoms with Crippen LogP contribution in [-0.4, -0.2) is 12.0 Å². The topological polar surface area (TPSA) is 38.1 Å². The number of nitrogens with one attached hydrogen (secondary N) is 1. The average Bonchev–Trinajstić information content (AvgIpc) is 2.76. The van der Waals surface area contributed by atoms with Gasteiger partial charge in [-0.1, -0.05) is 23.8 Å². The molecule has 0 spiro atoms. The number of hydrogen-bond acceptors (Lipinski definition) is 3. The first-order valence-corrected chi connectivity index (χ1v) is 5.87. The average molecular weight is 230 g/mol. The number of aryl methyl sites for hydroxylation is 4. The summed E-state index contributed by atoms with van der Waals surface area (Å²) in [5.41, 5.74) is 4.03. The van der Waals surface area contributed by atoms with Crippen LogP contribution < -0.4 is 5.32 Å². The maximum Gasteiger partial charge on any atom is 0.294 e. The zero-order chi connectivity index (χ0) is 12.3. The van der Waals surface area contributed by atoms with Crippen molar-refractivity contribution in [1.82, 2.24) is 4.98 Å². The van der Waals surface area contributed by atoms with E-state index < -0.39 is 0 Å². The number of hydrogen-bond donors (Lipinski definition) is 1.